The van der Waals surface area contributed by atoms with E-state index in [1.165, 1.54) is 12.1 Å². The lowest BCUT2D eigenvalue weighted by atomic mass is 10.2. The molecule has 0 aliphatic rings. The van der Waals surface area contributed by atoms with E-state index in [0.717, 1.165) is 0 Å². The number of sulfonamides is 1. The highest BCUT2D eigenvalue weighted by atomic mass is 32.2. The number of pyridine rings is 1. The van der Waals surface area contributed by atoms with Gasteiger partial charge in [-0.2, -0.15) is 8.42 Å². The van der Waals surface area contributed by atoms with Crippen LogP contribution in [-0.4, -0.2) is 18.5 Å². The van der Waals surface area contributed by atoms with E-state index in [0.29, 0.717) is 16.6 Å². The molecule has 108 valence electrons. The summed E-state index contributed by atoms with van der Waals surface area (Å²) in [5, 5.41) is 9.38. The predicted octanol–water partition coefficient (Wildman–Crippen LogP) is 2.12. The minimum atomic E-state index is -3.85. The Bertz CT molecular complexity index is 881. The summed E-state index contributed by atoms with van der Waals surface area (Å²) in [6, 6.07) is 11.4. The maximum Gasteiger partial charge on any atom is 0.295 e. The molecule has 6 nitrogen and oxygen atoms in total. The third kappa shape index (κ3) is 2.61. The summed E-state index contributed by atoms with van der Waals surface area (Å²) >= 11 is 0. The first kappa shape index (κ1) is 13.6. The third-order valence-electron chi connectivity index (χ3n) is 2.95. The van der Waals surface area contributed by atoms with Gasteiger partial charge < -0.3 is 9.52 Å². The molecule has 0 spiro atoms. The maximum atomic E-state index is 12.3. The van der Waals surface area contributed by atoms with Crippen LogP contribution in [0.25, 0.3) is 10.9 Å². The lowest BCUT2D eigenvalue weighted by Crippen LogP contribution is -2.12. The Labute approximate surface area is 121 Å². The van der Waals surface area contributed by atoms with Crippen molar-refractivity contribution in [3.63, 3.8) is 0 Å². The Morgan fingerprint density at radius 3 is 2.76 bits per heavy atom. The van der Waals surface area contributed by atoms with Crippen molar-refractivity contribution in [3.8, 4) is 0 Å². The molecule has 0 amide bonds. The zero-order chi connectivity index (χ0) is 14.9. The topological polar surface area (TPSA) is 92.4 Å². The molecule has 2 aromatic heterocycles. The van der Waals surface area contributed by atoms with Crippen LogP contribution in [0.2, 0.25) is 0 Å². The smallest absolute Gasteiger partial charge is 0.295 e. The van der Waals surface area contributed by atoms with Crippen LogP contribution in [-0.2, 0) is 16.6 Å². The van der Waals surface area contributed by atoms with Crippen LogP contribution < -0.4 is 4.72 Å². The number of furan rings is 1. The first-order valence-electron chi connectivity index (χ1n) is 6.16. The summed E-state index contributed by atoms with van der Waals surface area (Å²) in [4.78, 5) is 4.17. The Kier molecular flexibility index (Phi) is 3.36. The molecule has 0 saturated heterocycles. The summed E-state index contributed by atoms with van der Waals surface area (Å²) in [6.07, 6.45) is 1.64. The van der Waals surface area contributed by atoms with Crippen LogP contribution in [0, 0.1) is 0 Å². The molecular formula is C14H12N2O4S. The second kappa shape index (κ2) is 5.19. The Morgan fingerprint density at radius 2 is 2.00 bits per heavy atom. The molecule has 0 atom stereocenters. The van der Waals surface area contributed by atoms with Crippen molar-refractivity contribution in [2.45, 2.75) is 11.7 Å². The lowest BCUT2D eigenvalue weighted by Gasteiger charge is -2.08. The average molecular weight is 304 g/mol. The molecule has 0 radical (unpaired) electrons. The molecule has 2 heterocycles. The Hall–Kier alpha value is -2.38. The molecule has 0 aliphatic heterocycles. The van der Waals surface area contributed by atoms with E-state index in [-0.39, 0.29) is 17.5 Å². The van der Waals surface area contributed by atoms with Crippen molar-refractivity contribution in [2.75, 3.05) is 4.72 Å². The zero-order valence-electron chi connectivity index (χ0n) is 10.9. The molecule has 3 rings (SSSR count). The maximum absolute atomic E-state index is 12.3. The first-order chi connectivity index (χ1) is 10.1. The highest BCUT2D eigenvalue weighted by Crippen LogP contribution is 2.25. The standard InChI is InChI=1S/C14H12N2O4S/c17-9-10-6-7-14(20-10)21(18,19)16-13-5-1-4-12-11(13)3-2-8-15-12/h1-8,16-17H,9H2. The van der Waals surface area contributed by atoms with Crippen LogP contribution in [0.1, 0.15) is 5.76 Å². The van der Waals surface area contributed by atoms with Crippen LogP contribution in [0.3, 0.4) is 0 Å². The Balaban J connectivity index is 2.01. The molecule has 7 heteroatoms. The number of hydrogen-bond donors (Lipinski definition) is 2. The number of nitrogens with zero attached hydrogens (tertiary/aromatic N) is 1. The van der Waals surface area contributed by atoms with Gasteiger partial charge in [0, 0.05) is 11.6 Å². The van der Waals surface area contributed by atoms with Gasteiger partial charge in [-0.3, -0.25) is 9.71 Å². The van der Waals surface area contributed by atoms with Gasteiger partial charge in [0.25, 0.3) is 10.0 Å². The second-order valence-corrected chi connectivity index (χ2v) is 5.97. The first-order valence-corrected chi connectivity index (χ1v) is 7.64. The molecule has 0 bridgehead atoms. The number of fused-ring (bicyclic) bond motifs is 1. The van der Waals surface area contributed by atoms with Gasteiger partial charge in [-0.15, -0.1) is 0 Å². The van der Waals surface area contributed by atoms with E-state index in [9.17, 15) is 8.42 Å². The number of aromatic nitrogens is 1. The summed E-state index contributed by atoms with van der Waals surface area (Å²) in [7, 11) is -3.85. The SMILES string of the molecule is O=S(=O)(Nc1cccc2ncccc12)c1ccc(CO)o1. The molecule has 0 aliphatic carbocycles. The number of rotatable bonds is 4. The van der Waals surface area contributed by atoms with Gasteiger partial charge in [-0.1, -0.05) is 6.07 Å². The fraction of sp³-hybridized carbons (Fsp3) is 0.0714. The van der Waals surface area contributed by atoms with Gasteiger partial charge in [0.2, 0.25) is 5.09 Å². The molecule has 2 N–H and O–H groups in total. The second-order valence-electron chi connectivity index (χ2n) is 4.36. The van der Waals surface area contributed by atoms with Crippen molar-refractivity contribution in [3.05, 3.63) is 54.4 Å². The van der Waals surface area contributed by atoms with Gasteiger partial charge >= 0.3 is 0 Å². The van der Waals surface area contributed by atoms with Crippen molar-refractivity contribution < 1.29 is 17.9 Å². The van der Waals surface area contributed by atoms with Crippen LogP contribution >= 0.6 is 0 Å². The van der Waals surface area contributed by atoms with Crippen molar-refractivity contribution in [1.29, 1.82) is 0 Å². The fourth-order valence-electron chi connectivity index (χ4n) is 1.98. The van der Waals surface area contributed by atoms with E-state index in [4.69, 9.17) is 9.52 Å². The summed E-state index contributed by atoms with van der Waals surface area (Å²) in [5.41, 5.74) is 1.11. The molecule has 21 heavy (non-hydrogen) atoms. The minimum absolute atomic E-state index is 0.190. The van der Waals surface area contributed by atoms with E-state index in [2.05, 4.69) is 9.71 Å². The molecule has 0 saturated carbocycles. The fourth-order valence-corrected chi connectivity index (χ4v) is 3.01. The third-order valence-corrected chi connectivity index (χ3v) is 4.19. The quantitative estimate of drug-likeness (QED) is 0.770. The highest BCUT2D eigenvalue weighted by molar-refractivity contribution is 7.92. The number of aliphatic hydroxyl groups excluding tert-OH is 1. The van der Waals surface area contributed by atoms with Crippen LogP contribution in [0.15, 0.2) is 58.2 Å². The minimum Gasteiger partial charge on any atom is -0.445 e. The van der Waals surface area contributed by atoms with Crippen LogP contribution in [0.4, 0.5) is 5.69 Å². The monoisotopic (exact) mass is 304 g/mol. The summed E-state index contributed by atoms with van der Waals surface area (Å²) in [5.74, 6) is 0.190. The molecule has 1 aromatic carbocycles. The zero-order valence-corrected chi connectivity index (χ0v) is 11.7. The Morgan fingerprint density at radius 1 is 1.14 bits per heavy atom. The number of nitrogens with one attached hydrogen (secondary N) is 1. The van der Waals surface area contributed by atoms with Crippen molar-refractivity contribution >= 4 is 26.6 Å². The largest absolute Gasteiger partial charge is 0.445 e. The van der Waals surface area contributed by atoms with Gasteiger partial charge in [0.15, 0.2) is 0 Å². The summed E-state index contributed by atoms with van der Waals surface area (Å²) in [6.45, 7) is -0.353. The highest BCUT2D eigenvalue weighted by Gasteiger charge is 2.19. The van der Waals surface area contributed by atoms with Crippen molar-refractivity contribution in [1.82, 2.24) is 4.98 Å². The van der Waals surface area contributed by atoms with Gasteiger partial charge in [-0.05, 0) is 36.4 Å². The van der Waals surface area contributed by atoms with Crippen molar-refractivity contribution in [2.24, 2.45) is 0 Å². The van der Waals surface area contributed by atoms with Crippen LogP contribution in [0.5, 0.6) is 0 Å². The summed E-state index contributed by atoms with van der Waals surface area (Å²) < 4.78 is 32.1. The number of hydrogen-bond acceptors (Lipinski definition) is 5. The molecule has 0 unspecified atom stereocenters. The van der Waals surface area contributed by atoms with Gasteiger partial charge in [0.05, 0.1) is 11.2 Å². The van der Waals surface area contributed by atoms with E-state index in [1.54, 1.807) is 36.5 Å². The van der Waals surface area contributed by atoms with E-state index in [1.807, 2.05) is 0 Å². The van der Waals surface area contributed by atoms with E-state index < -0.39 is 10.0 Å². The van der Waals surface area contributed by atoms with Gasteiger partial charge in [0.1, 0.15) is 12.4 Å². The lowest BCUT2D eigenvalue weighted by molar-refractivity contribution is 0.236. The van der Waals surface area contributed by atoms with E-state index >= 15 is 0 Å². The normalized spacial score (nSPS) is 11.7. The average Bonchev–Trinajstić information content (AvgIpc) is 2.97. The number of anilines is 1. The molecular weight excluding hydrogens is 292 g/mol. The number of aliphatic hydroxyl groups is 1. The predicted molar refractivity (Wildman–Crippen MR) is 77.2 cm³/mol. The molecule has 3 aromatic rings. The number of benzene rings is 1. The molecule has 0 fully saturated rings. The van der Waals surface area contributed by atoms with Gasteiger partial charge in [-0.25, -0.2) is 0 Å².